The molecule has 1 unspecified atom stereocenters. The first-order chi connectivity index (χ1) is 13.5. The summed E-state index contributed by atoms with van der Waals surface area (Å²) in [5, 5.41) is 7.41. The average molecular weight is 403 g/mol. The monoisotopic (exact) mass is 402 g/mol. The van der Waals surface area contributed by atoms with Crippen molar-refractivity contribution in [1.82, 2.24) is 5.32 Å². The molecule has 0 aliphatic carbocycles. The SMILES string of the molecule is CCCCCC(C)NC(=O)COC(=O)c1ccc(NC(=O)c2cccs2)cc1. The molecule has 2 amide bonds. The van der Waals surface area contributed by atoms with Gasteiger partial charge in [-0.1, -0.05) is 32.3 Å². The second-order valence-corrected chi connectivity index (χ2v) is 7.50. The lowest BCUT2D eigenvalue weighted by molar-refractivity contribution is -0.124. The number of rotatable bonds is 10. The molecule has 150 valence electrons. The molecular weight excluding hydrogens is 376 g/mol. The van der Waals surface area contributed by atoms with Crippen molar-refractivity contribution in [3.8, 4) is 0 Å². The summed E-state index contributed by atoms with van der Waals surface area (Å²) >= 11 is 1.35. The Morgan fingerprint density at radius 1 is 1.11 bits per heavy atom. The maximum atomic E-state index is 12.1. The van der Waals surface area contributed by atoms with Crippen LogP contribution in [0.5, 0.6) is 0 Å². The molecule has 0 radical (unpaired) electrons. The van der Waals surface area contributed by atoms with Crippen LogP contribution >= 0.6 is 11.3 Å². The van der Waals surface area contributed by atoms with E-state index in [1.807, 2.05) is 12.3 Å². The number of carbonyl (C=O) groups excluding carboxylic acids is 3. The highest BCUT2D eigenvalue weighted by molar-refractivity contribution is 7.12. The van der Waals surface area contributed by atoms with Gasteiger partial charge in [-0.05, 0) is 49.1 Å². The lowest BCUT2D eigenvalue weighted by Gasteiger charge is -2.13. The van der Waals surface area contributed by atoms with E-state index in [0.717, 1.165) is 25.7 Å². The maximum Gasteiger partial charge on any atom is 0.338 e. The molecule has 2 rings (SSSR count). The van der Waals surface area contributed by atoms with Gasteiger partial charge in [-0.2, -0.15) is 0 Å². The van der Waals surface area contributed by atoms with Gasteiger partial charge in [-0.25, -0.2) is 4.79 Å². The minimum Gasteiger partial charge on any atom is -0.452 e. The highest BCUT2D eigenvalue weighted by Gasteiger charge is 2.13. The van der Waals surface area contributed by atoms with E-state index in [2.05, 4.69) is 17.6 Å². The highest BCUT2D eigenvalue weighted by Crippen LogP contribution is 2.14. The molecule has 7 heteroatoms. The van der Waals surface area contributed by atoms with E-state index in [4.69, 9.17) is 4.74 Å². The zero-order valence-electron chi connectivity index (χ0n) is 16.2. The Hall–Kier alpha value is -2.67. The topological polar surface area (TPSA) is 84.5 Å². The van der Waals surface area contributed by atoms with Gasteiger partial charge in [0.2, 0.25) is 0 Å². The number of thiophene rings is 1. The van der Waals surface area contributed by atoms with Gasteiger partial charge in [-0.15, -0.1) is 11.3 Å². The molecule has 6 nitrogen and oxygen atoms in total. The summed E-state index contributed by atoms with van der Waals surface area (Å²) in [6.45, 7) is 3.76. The Kier molecular flexibility index (Phi) is 8.68. The van der Waals surface area contributed by atoms with Crippen LogP contribution in [0.2, 0.25) is 0 Å². The molecule has 1 aromatic heterocycles. The van der Waals surface area contributed by atoms with Gasteiger partial charge in [0.25, 0.3) is 11.8 Å². The average Bonchev–Trinajstić information content (AvgIpc) is 3.22. The van der Waals surface area contributed by atoms with Crippen molar-refractivity contribution in [2.75, 3.05) is 11.9 Å². The van der Waals surface area contributed by atoms with Gasteiger partial charge >= 0.3 is 5.97 Å². The second-order valence-electron chi connectivity index (χ2n) is 6.55. The summed E-state index contributed by atoms with van der Waals surface area (Å²) in [6, 6.07) is 9.96. The smallest absolute Gasteiger partial charge is 0.338 e. The third kappa shape index (κ3) is 7.15. The Bertz CT molecular complexity index is 772. The van der Waals surface area contributed by atoms with Crippen molar-refractivity contribution >= 4 is 34.8 Å². The van der Waals surface area contributed by atoms with Crippen LogP contribution in [0.1, 0.15) is 59.6 Å². The van der Waals surface area contributed by atoms with Crippen LogP contribution < -0.4 is 10.6 Å². The van der Waals surface area contributed by atoms with Crippen molar-refractivity contribution < 1.29 is 19.1 Å². The summed E-state index contributed by atoms with van der Waals surface area (Å²) in [7, 11) is 0. The highest BCUT2D eigenvalue weighted by atomic mass is 32.1. The standard InChI is InChI=1S/C21H26N2O4S/c1-3-4-5-7-15(2)22-19(24)14-27-21(26)16-9-11-17(12-10-16)23-20(25)18-8-6-13-28-18/h6,8-13,15H,3-5,7,14H2,1-2H3,(H,22,24)(H,23,25). The number of nitrogens with one attached hydrogen (secondary N) is 2. The predicted octanol–water partition coefficient (Wildman–Crippen LogP) is 4.24. The van der Waals surface area contributed by atoms with Crippen molar-refractivity contribution in [3.05, 3.63) is 52.2 Å². The van der Waals surface area contributed by atoms with Crippen molar-refractivity contribution in [2.45, 2.75) is 45.6 Å². The molecule has 0 saturated heterocycles. The predicted molar refractivity (Wildman–Crippen MR) is 111 cm³/mol. The molecule has 1 atom stereocenters. The molecule has 0 bridgehead atoms. The van der Waals surface area contributed by atoms with Crippen LogP contribution in [0.15, 0.2) is 41.8 Å². The van der Waals surface area contributed by atoms with Gasteiger partial charge in [0, 0.05) is 11.7 Å². The number of esters is 1. The lowest BCUT2D eigenvalue weighted by Crippen LogP contribution is -2.35. The molecule has 2 aromatic rings. The van der Waals surface area contributed by atoms with E-state index in [9.17, 15) is 14.4 Å². The Labute approximate surface area is 169 Å². The van der Waals surface area contributed by atoms with E-state index in [1.54, 1.807) is 36.4 Å². The summed E-state index contributed by atoms with van der Waals surface area (Å²) in [5.41, 5.74) is 0.895. The number of benzene rings is 1. The van der Waals surface area contributed by atoms with Gasteiger partial charge in [0.05, 0.1) is 10.4 Å². The molecule has 1 aromatic carbocycles. The molecule has 0 aliphatic heterocycles. The molecular formula is C21H26N2O4S. The minimum atomic E-state index is -0.579. The molecule has 0 fully saturated rings. The quantitative estimate of drug-likeness (QED) is 0.460. The number of hydrogen-bond acceptors (Lipinski definition) is 5. The first-order valence-electron chi connectivity index (χ1n) is 9.41. The minimum absolute atomic E-state index is 0.0593. The van der Waals surface area contributed by atoms with E-state index in [-0.39, 0.29) is 24.5 Å². The van der Waals surface area contributed by atoms with Crippen molar-refractivity contribution in [2.24, 2.45) is 0 Å². The molecule has 0 spiro atoms. The molecule has 0 saturated carbocycles. The van der Waals surface area contributed by atoms with Gasteiger partial charge < -0.3 is 15.4 Å². The Morgan fingerprint density at radius 2 is 1.86 bits per heavy atom. The van der Waals surface area contributed by atoms with Crippen LogP contribution in [0.25, 0.3) is 0 Å². The zero-order valence-corrected chi connectivity index (χ0v) is 17.0. The zero-order chi connectivity index (χ0) is 20.4. The van der Waals surface area contributed by atoms with Crippen molar-refractivity contribution in [1.29, 1.82) is 0 Å². The van der Waals surface area contributed by atoms with Crippen LogP contribution in [-0.4, -0.2) is 30.4 Å². The summed E-state index contributed by atoms with van der Waals surface area (Å²) in [6.07, 6.45) is 4.24. The number of ether oxygens (including phenoxy) is 1. The fourth-order valence-electron chi connectivity index (χ4n) is 2.59. The molecule has 0 aliphatic rings. The lowest BCUT2D eigenvalue weighted by atomic mass is 10.1. The molecule has 1 heterocycles. The third-order valence-electron chi connectivity index (χ3n) is 4.11. The fraction of sp³-hybridized carbons (Fsp3) is 0.381. The van der Waals surface area contributed by atoms with Crippen molar-refractivity contribution in [3.63, 3.8) is 0 Å². The van der Waals surface area contributed by atoms with E-state index in [1.165, 1.54) is 11.3 Å². The molecule has 2 N–H and O–H groups in total. The summed E-state index contributed by atoms with van der Waals surface area (Å²) < 4.78 is 5.06. The molecule has 28 heavy (non-hydrogen) atoms. The van der Waals surface area contributed by atoms with Gasteiger partial charge in [0.15, 0.2) is 6.61 Å². The normalized spacial score (nSPS) is 11.5. The summed E-state index contributed by atoms with van der Waals surface area (Å²) in [4.78, 5) is 36.6. The maximum absolute atomic E-state index is 12.1. The number of hydrogen-bond donors (Lipinski definition) is 2. The largest absolute Gasteiger partial charge is 0.452 e. The Morgan fingerprint density at radius 3 is 2.50 bits per heavy atom. The van der Waals surface area contributed by atoms with Crippen LogP contribution in [0, 0.1) is 0 Å². The fourth-order valence-corrected chi connectivity index (χ4v) is 3.21. The Balaban J connectivity index is 1.76. The second kappa shape index (κ2) is 11.2. The first-order valence-corrected chi connectivity index (χ1v) is 10.3. The van der Waals surface area contributed by atoms with Gasteiger partial charge in [0.1, 0.15) is 0 Å². The van der Waals surface area contributed by atoms with Crippen LogP contribution in [0.3, 0.4) is 0 Å². The first kappa shape index (κ1) is 21.6. The summed E-state index contributed by atoms with van der Waals surface area (Å²) in [5.74, 6) is -1.09. The van der Waals surface area contributed by atoms with Crippen LogP contribution in [0.4, 0.5) is 5.69 Å². The number of anilines is 1. The number of unbranched alkanes of at least 4 members (excludes halogenated alkanes) is 2. The van der Waals surface area contributed by atoms with E-state index in [0.29, 0.717) is 16.1 Å². The number of carbonyl (C=O) groups is 3. The van der Waals surface area contributed by atoms with Crippen LogP contribution in [-0.2, 0) is 9.53 Å². The van der Waals surface area contributed by atoms with Gasteiger partial charge in [-0.3, -0.25) is 9.59 Å². The number of amides is 2. The van der Waals surface area contributed by atoms with E-state index < -0.39 is 5.97 Å². The third-order valence-corrected chi connectivity index (χ3v) is 4.97. The van der Waals surface area contributed by atoms with E-state index >= 15 is 0 Å².